The topological polar surface area (TPSA) is 79.2 Å². The van der Waals surface area contributed by atoms with E-state index in [1.54, 1.807) is 20.8 Å². The molecule has 0 unspecified atom stereocenters. The molecule has 6 nitrogen and oxygen atoms in total. The van der Waals surface area contributed by atoms with Crippen LogP contribution in [-0.4, -0.2) is 40.4 Å². The van der Waals surface area contributed by atoms with E-state index < -0.39 is 11.7 Å². The fourth-order valence-electron chi connectivity index (χ4n) is 3.05. The number of hydrazone groups is 1. The summed E-state index contributed by atoms with van der Waals surface area (Å²) in [5, 5.41) is 16.1. The van der Waals surface area contributed by atoms with Crippen LogP contribution in [0.4, 0.5) is 4.79 Å². The highest BCUT2D eigenvalue weighted by atomic mass is 16.6. The number of ketones is 1. The van der Waals surface area contributed by atoms with Crippen LogP contribution in [0.25, 0.3) is 0 Å². The largest absolute Gasteiger partial charge is 0.511 e. The first-order chi connectivity index (χ1) is 13.1. The summed E-state index contributed by atoms with van der Waals surface area (Å²) in [4.78, 5) is 24.7. The molecule has 1 aromatic carbocycles. The van der Waals surface area contributed by atoms with E-state index in [0.29, 0.717) is 25.0 Å². The number of aliphatic hydroxyl groups excluding tert-OH is 1. The minimum Gasteiger partial charge on any atom is -0.511 e. The molecular formula is C22H30N2O4. The third-order valence-electron chi connectivity index (χ3n) is 4.37. The molecule has 1 aliphatic carbocycles. The molecule has 0 atom stereocenters. The lowest BCUT2D eigenvalue weighted by molar-refractivity contribution is -0.115. The van der Waals surface area contributed by atoms with Gasteiger partial charge in [0.05, 0.1) is 11.3 Å². The number of benzene rings is 1. The van der Waals surface area contributed by atoms with E-state index >= 15 is 0 Å². The fraction of sp³-hybridized carbons (Fsp3) is 0.500. The first-order valence-electron chi connectivity index (χ1n) is 9.68. The molecule has 1 fully saturated rings. The summed E-state index contributed by atoms with van der Waals surface area (Å²) >= 11 is 0. The third kappa shape index (κ3) is 5.94. The molecule has 1 aliphatic rings. The first kappa shape index (κ1) is 21.7. The van der Waals surface area contributed by atoms with Gasteiger partial charge in [0.15, 0.2) is 5.78 Å². The third-order valence-corrected chi connectivity index (χ3v) is 4.37. The number of hydrogen-bond donors (Lipinski definition) is 1. The van der Waals surface area contributed by atoms with Crippen molar-refractivity contribution in [3.05, 3.63) is 46.7 Å². The zero-order chi connectivity index (χ0) is 20.9. The molecule has 0 aromatic heterocycles. The molecule has 1 aromatic rings. The number of ether oxygens (including phenoxy) is 1. The second-order valence-corrected chi connectivity index (χ2v) is 8.00. The minimum absolute atomic E-state index is 0.00529. The van der Waals surface area contributed by atoms with Crippen LogP contribution in [0.15, 0.2) is 40.7 Å². The average Bonchev–Trinajstić information content (AvgIpc) is 2.60. The molecule has 0 radical (unpaired) electrons. The Bertz CT molecular complexity index is 803. The highest BCUT2D eigenvalue weighted by Crippen LogP contribution is 2.23. The molecule has 28 heavy (non-hydrogen) atoms. The van der Waals surface area contributed by atoms with Gasteiger partial charge in [-0.3, -0.25) is 4.79 Å². The average molecular weight is 386 g/mol. The number of aryl methyl sites for hydroxylation is 1. The van der Waals surface area contributed by atoms with Gasteiger partial charge in [-0.2, -0.15) is 5.10 Å². The standard InChI is InChI=1S/C22H30N2O4/c1-6-15-9-7-10-16(13-15)14-19(26)20-17(11-8-12-18(20)25)23-24(5)21(27)28-22(2,3)4/h7,9-10,13,26H,6,8,11-12,14H2,1-5H3/b20-19+,23-17+. The Labute approximate surface area is 166 Å². The van der Waals surface area contributed by atoms with E-state index in [9.17, 15) is 14.7 Å². The van der Waals surface area contributed by atoms with E-state index in [2.05, 4.69) is 12.0 Å². The molecule has 0 saturated heterocycles. The molecule has 2 rings (SSSR count). The number of allylic oxidation sites excluding steroid dienone is 2. The maximum atomic E-state index is 12.5. The summed E-state index contributed by atoms with van der Waals surface area (Å²) in [5.74, 6) is -0.152. The normalized spacial score (nSPS) is 18.2. The Morgan fingerprint density at radius 2 is 1.93 bits per heavy atom. The van der Waals surface area contributed by atoms with Crippen molar-refractivity contribution in [2.24, 2.45) is 5.10 Å². The van der Waals surface area contributed by atoms with Gasteiger partial charge >= 0.3 is 6.09 Å². The van der Waals surface area contributed by atoms with Gasteiger partial charge in [0.2, 0.25) is 0 Å². The van der Waals surface area contributed by atoms with Crippen molar-refractivity contribution < 1.29 is 19.4 Å². The van der Waals surface area contributed by atoms with Crippen LogP contribution in [0, 0.1) is 0 Å². The predicted molar refractivity (Wildman–Crippen MR) is 109 cm³/mol. The summed E-state index contributed by atoms with van der Waals surface area (Å²) in [6, 6.07) is 7.92. The van der Waals surface area contributed by atoms with Crippen LogP contribution >= 0.6 is 0 Å². The lowest BCUT2D eigenvalue weighted by Crippen LogP contribution is -2.33. The Kier molecular flexibility index (Phi) is 7.00. The molecule has 6 heteroatoms. The zero-order valence-corrected chi connectivity index (χ0v) is 17.4. The van der Waals surface area contributed by atoms with E-state index in [4.69, 9.17) is 4.74 Å². The van der Waals surface area contributed by atoms with Gasteiger partial charge in [-0.25, -0.2) is 9.80 Å². The first-order valence-corrected chi connectivity index (χ1v) is 9.68. The highest BCUT2D eigenvalue weighted by molar-refractivity contribution is 6.24. The van der Waals surface area contributed by atoms with Crippen LogP contribution in [0.3, 0.4) is 0 Å². The number of Topliss-reactive ketones (excluding diaryl/α,β-unsaturated/α-hetero) is 1. The quantitative estimate of drug-likeness (QED) is 0.467. The Morgan fingerprint density at radius 1 is 1.25 bits per heavy atom. The summed E-state index contributed by atoms with van der Waals surface area (Å²) in [5.41, 5.74) is 2.11. The molecule has 1 saturated carbocycles. The van der Waals surface area contributed by atoms with E-state index in [0.717, 1.165) is 17.0 Å². The molecule has 152 valence electrons. The Morgan fingerprint density at radius 3 is 2.57 bits per heavy atom. The second kappa shape index (κ2) is 9.04. The van der Waals surface area contributed by atoms with Crippen LogP contribution in [0.1, 0.15) is 58.1 Å². The predicted octanol–water partition coefficient (Wildman–Crippen LogP) is 4.58. The number of rotatable bonds is 4. The lowest BCUT2D eigenvalue weighted by atomic mass is 9.89. The van der Waals surface area contributed by atoms with Crippen molar-refractivity contribution in [2.75, 3.05) is 7.05 Å². The number of nitrogens with zero attached hydrogens (tertiary/aromatic N) is 2. The van der Waals surface area contributed by atoms with Crippen molar-refractivity contribution in [1.29, 1.82) is 0 Å². The van der Waals surface area contributed by atoms with Crippen molar-refractivity contribution >= 4 is 17.6 Å². The number of carbonyl (C=O) groups excluding carboxylic acids is 2. The second-order valence-electron chi connectivity index (χ2n) is 8.00. The van der Waals surface area contributed by atoms with Crippen molar-refractivity contribution in [3.8, 4) is 0 Å². The summed E-state index contributed by atoms with van der Waals surface area (Å²) in [7, 11) is 1.49. The molecule has 0 heterocycles. The van der Waals surface area contributed by atoms with Gasteiger partial charge in [0, 0.05) is 19.9 Å². The van der Waals surface area contributed by atoms with E-state index in [1.165, 1.54) is 12.6 Å². The maximum Gasteiger partial charge on any atom is 0.430 e. The van der Waals surface area contributed by atoms with Crippen molar-refractivity contribution in [3.63, 3.8) is 0 Å². The summed E-state index contributed by atoms with van der Waals surface area (Å²) < 4.78 is 5.30. The van der Waals surface area contributed by atoms with Crippen molar-refractivity contribution in [1.82, 2.24) is 5.01 Å². The highest BCUT2D eigenvalue weighted by Gasteiger charge is 2.27. The van der Waals surface area contributed by atoms with Crippen molar-refractivity contribution in [2.45, 2.75) is 65.4 Å². The van der Waals surface area contributed by atoms with Crippen LogP contribution in [0.2, 0.25) is 0 Å². The van der Waals surface area contributed by atoms with Gasteiger partial charge in [0.1, 0.15) is 11.4 Å². The molecular weight excluding hydrogens is 356 g/mol. The number of aliphatic hydroxyl groups is 1. The van der Waals surface area contributed by atoms with Gasteiger partial charge in [0.25, 0.3) is 0 Å². The monoisotopic (exact) mass is 386 g/mol. The Hall–Kier alpha value is -2.63. The number of amides is 1. The van der Waals surface area contributed by atoms with Gasteiger partial charge < -0.3 is 9.84 Å². The SMILES string of the molecule is CCc1cccc(C/C(O)=C2\C(=O)CCC\C2=N/N(C)C(=O)OC(C)(C)C)c1. The number of carbonyl (C=O) groups is 2. The van der Waals surface area contributed by atoms with Crippen LogP contribution in [0.5, 0.6) is 0 Å². The molecule has 0 spiro atoms. The van der Waals surface area contributed by atoms with Crippen LogP contribution in [-0.2, 0) is 22.4 Å². The molecule has 1 N–H and O–H groups in total. The van der Waals surface area contributed by atoms with E-state index in [1.807, 2.05) is 24.3 Å². The molecule has 0 bridgehead atoms. The lowest BCUT2D eigenvalue weighted by Gasteiger charge is -2.24. The smallest absolute Gasteiger partial charge is 0.430 e. The van der Waals surface area contributed by atoms with Gasteiger partial charge in [-0.15, -0.1) is 0 Å². The molecule has 1 amide bonds. The minimum atomic E-state index is -0.640. The molecule has 0 aliphatic heterocycles. The number of hydrogen-bond acceptors (Lipinski definition) is 5. The van der Waals surface area contributed by atoms with Gasteiger partial charge in [-0.05, 0) is 51.2 Å². The Balaban J connectivity index is 2.30. The fourth-order valence-corrected chi connectivity index (χ4v) is 3.05. The summed E-state index contributed by atoms with van der Waals surface area (Å²) in [6.07, 6.45) is 2.08. The zero-order valence-electron chi connectivity index (χ0n) is 17.4. The van der Waals surface area contributed by atoms with Gasteiger partial charge in [-0.1, -0.05) is 31.2 Å². The van der Waals surface area contributed by atoms with Crippen LogP contribution < -0.4 is 0 Å². The van der Waals surface area contributed by atoms with E-state index in [-0.39, 0.29) is 23.5 Å². The maximum absolute atomic E-state index is 12.5. The summed E-state index contributed by atoms with van der Waals surface area (Å²) in [6.45, 7) is 7.39.